The highest BCUT2D eigenvalue weighted by atomic mass is 19.1. The number of hydrogen-bond acceptors (Lipinski definition) is 2. The van der Waals surface area contributed by atoms with Crippen molar-refractivity contribution in [1.82, 2.24) is 0 Å². The number of aryl methyl sites for hydroxylation is 1. The molecule has 0 aromatic heterocycles. The third kappa shape index (κ3) is 3.36. The van der Waals surface area contributed by atoms with Crippen LogP contribution in [0.2, 0.25) is 0 Å². The number of halogens is 1. The SMILES string of the molecule is Cc1ccccc1NC(C)(CO)Cc1ccccc1F. The monoisotopic (exact) mass is 273 g/mol. The van der Waals surface area contributed by atoms with Crippen molar-refractivity contribution in [3.63, 3.8) is 0 Å². The molecule has 0 radical (unpaired) electrons. The second-order valence-corrected chi connectivity index (χ2v) is 5.43. The molecular formula is C17H20FNO. The van der Waals surface area contributed by atoms with Crippen molar-refractivity contribution in [2.45, 2.75) is 25.8 Å². The molecule has 106 valence electrons. The van der Waals surface area contributed by atoms with Crippen molar-refractivity contribution in [3.8, 4) is 0 Å². The molecule has 20 heavy (non-hydrogen) atoms. The quantitative estimate of drug-likeness (QED) is 0.873. The van der Waals surface area contributed by atoms with E-state index >= 15 is 0 Å². The van der Waals surface area contributed by atoms with Gasteiger partial charge >= 0.3 is 0 Å². The van der Waals surface area contributed by atoms with E-state index in [0.717, 1.165) is 11.3 Å². The van der Waals surface area contributed by atoms with E-state index in [9.17, 15) is 9.50 Å². The van der Waals surface area contributed by atoms with Crippen LogP contribution in [0.25, 0.3) is 0 Å². The third-order valence-corrected chi connectivity index (χ3v) is 3.47. The zero-order valence-electron chi connectivity index (χ0n) is 11.9. The van der Waals surface area contributed by atoms with Crippen LogP contribution in [0.5, 0.6) is 0 Å². The van der Waals surface area contributed by atoms with Gasteiger partial charge in [-0.3, -0.25) is 0 Å². The Hall–Kier alpha value is -1.87. The number of rotatable bonds is 5. The van der Waals surface area contributed by atoms with Gasteiger partial charge in [0.25, 0.3) is 0 Å². The average molecular weight is 273 g/mol. The molecule has 0 spiro atoms. The molecule has 0 fully saturated rings. The number of hydrogen-bond donors (Lipinski definition) is 2. The van der Waals surface area contributed by atoms with Crippen molar-refractivity contribution in [2.75, 3.05) is 11.9 Å². The Morgan fingerprint density at radius 2 is 1.75 bits per heavy atom. The zero-order valence-corrected chi connectivity index (χ0v) is 11.9. The van der Waals surface area contributed by atoms with Crippen LogP contribution in [-0.2, 0) is 6.42 Å². The summed E-state index contributed by atoms with van der Waals surface area (Å²) in [4.78, 5) is 0. The molecule has 2 N–H and O–H groups in total. The molecule has 0 aliphatic heterocycles. The van der Waals surface area contributed by atoms with Gasteiger partial charge in [-0.25, -0.2) is 4.39 Å². The maximum atomic E-state index is 13.8. The molecule has 2 rings (SSSR count). The fourth-order valence-electron chi connectivity index (χ4n) is 2.24. The summed E-state index contributed by atoms with van der Waals surface area (Å²) in [5, 5.41) is 13.0. The Kier molecular flexibility index (Phi) is 4.40. The Labute approximate surface area is 119 Å². The van der Waals surface area contributed by atoms with E-state index in [-0.39, 0.29) is 12.4 Å². The molecule has 2 aromatic carbocycles. The molecule has 0 aliphatic rings. The van der Waals surface area contributed by atoms with Crippen LogP contribution in [0.3, 0.4) is 0 Å². The van der Waals surface area contributed by atoms with Gasteiger partial charge in [-0.05, 0) is 37.1 Å². The molecular weight excluding hydrogens is 253 g/mol. The van der Waals surface area contributed by atoms with E-state index < -0.39 is 5.54 Å². The van der Waals surface area contributed by atoms with Gasteiger partial charge in [0.1, 0.15) is 5.82 Å². The molecule has 3 heteroatoms. The number of para-hydroxylation sites is 1. The second kappa shape index (κ2) is 6.06. The first-order valence-electron chi connectivity index (χ1n) is 6.72. The summed E-state index contributed by atoms with van der Waals surface area (Å²) in [6.07, 6.45) is 0.421. The summed E-state index contributed by atoms with van der Waals surface area (Å²) in [5.41, 5.74) is 2.06. The number of benzene rings is 2. The Balaban J connectivity index is 2.22. The Morgan fingerprint density at radius 1 is 1.10 bits per heavy atom. The number of anilines is 1. The fourth-order valence-corrected chi connectivity index (χ4v) is 2.24. The highest BCUT2D eigenvalue weighted by Gasteiger charge is 2.25. The lowest BCUT2D eigenvalue weighted by atomic mass is 9.92. The van der Waals surface area contributed by atoms with E-state index in [2.05, 4.69) is 5.32 Å². The lowest BCUT2D eigenvalue weighted by Crippen LogP contribution is -2.41. The van der Waals surface area contributed by atoms with Gasteiger partial charge in [0.15, 0.2) is 0 Å². The van der Waals surface area contributed by atoms with E-state index in [1.54, 1.807) is 12.1 Å². The number of nitrogens with one attached hydrogen (secondary N) is 1. The van der Waals surface area contributed by atoms with Crippen molar-refractivity contribution in [1.29, 1.82) is 0 Å². The first-order valence-corrected chi connectivity index (χ1v) is 6.72. The summed E-state index contributed by atoms with van der Waals surface area (Å²) in [7, 11) is 0. The largest absolute Gasteiger partial charge is 0.394 e. The number of aliphatic hydroxyl groups excluding tert-OH is 1. The molecule has 0 saturated carbocycles. The maximum absolute atomic E-state index is 13.8. The van der Waals surface area contributed by atoms with Crippen LogP contribution in [0.15, 0.2) is 48.5 Å². The van der Waals surface area contributed by atoms with Crippen LogP contribution >= 0.6 is 0 Å². The normalized spacial score (nSPS) is 13.8. The molecule has 0 aliphatic carbocycles. The molecule has 1 atom stereocenters. The van der Waals surface area contributed by atoms with Crippen LogP contribution in [0, 0.1) is 12.7 Å². The van der Waals surface area contributed by atoms with Gasteiger partial charge in [-0.15, -0.1) is 0 Å². The zero-order chi connectivity index (χ0) is 14.6. The van der Waals surface area contributed by atoms with Gasteiger partial charge in [-0.1, -0.05) is 36.4 Å². The van der Waals surface area contributed by atoms with Crippen LogP contribution in [0.1, 0.15) is 18.1 Å². The van der Waals surface area contributed by atoms with Crippen molar-refractivity contribution >= 4 is 5.69 Å². The summed E-state index contributed by atoms with van der Waals surface area (Å²) < 4.78 is 13.8. The molecule has 2 nitrogen and oxygen atoms in total. The topological polar surface area (TPSA) is 32.3 Å². The maximum Gasteiger partial charge on any atom is 0.126 e. The standard InChI is InChI=1S/C17H20FNO/c1-13-7-3-6-10-16(13)19-17(2,12-20)11-14-8-4-5-9-15(14)18/h3-10,19-20H,11-12H2,1-2H3. The third-order valence-electron chi connectivity index (χ3n) is 3.47. The van der Waals surface area contributed by atoms with Gasteiger partial charge < -0.3 is 10.4 Å². The second-order valence-electron chi connectivity index (χ2n) is 5.43. The fraction of sp³-hybridized carbons (Fsp3) is 0.294. The lowest BCUT2D eigenvalue weighted by molar-refractivity contribution is 0.221. The van der Waals surface area contributed by atoms with Gasteiger partial charge in [0, 0.05) is 12.1 Å². The molecule has 2 aromatic rings. The first-order chi connectivity index (χ1) is 9.54. The summed E-state index contributed by atoms with van der Waals surface area (Å²) in [6.45, 7) is 3.82. The first kappa shape index (κ1) is 14.5. The number of aliphatic hydroxyl groups is 1. The summed E-state index contributed by atoms with van der Waals surface area (Å²) in [5.74, 6) is -0.237. The van der Waals surface area contributed by atoms with E-state index in [0.29, 0.717) is 12.0 Å². The Morgan fingerprint density at radius 3 is 2.40 bits per heavy atom. The minimum absolute atomic E-state index is 0.0737. The molecule has 0 heterocycles. The van der Waals surface area contributed by atoms with E-state index in [1.807, 2.05) is 44.2 Å². The summed E-state index contributed by atoms with van der Waals surface area (Å²) in [6, 6.07) is 14.6. The van der Waals surface area contributed by atoms with E-state index in [4.69, 9.17) is 0 Å². The highest BCUT2D eigenvalue weighted by Crippen LogP contribution is 2.23. The molecule has 0 bridgehead atoms. The van der Waals surface area contributed by atoms with Gasteiger partial charge in [0.05, 0.1) is 12.1 Å². The predicted octanol–water partition coefficient (Wildman–Crippen LogP) is 3.54. The van der Waals surface area contributed by atoms with Gasteiger partial charge in [-0.2, -0.15) is 0 Å². The smallest absolute Gasteiger partial charge is 0.126 e. The predicted molar refractivity (Wildman–Crippen MR) is 80.4 cm³/mol. The minimum atomic E-state index is -0.603. The molecule has 1 unspecified atom stereocenters. The van der Waals surface area contributed by atoms with Crippen LogP contribution < -0.4 is 5.32 Å². The summed E-state index contributed by atoms with van der Waals surface area (Å²) >= 11 is 0. The minimum Gasteiger partial charge on any atom is -0.394 e. The molecule has 0 saturated heterocycles. The van der Waals surface area contributed by atoms with Crippen molar-refractivity contribution in [3.05, 3.63) is 65.5 Å². The van der Waals surface area contributed by atoms with Crippen LogP contribution in [-0.4, -0.2) is 17.3 Å². The van der Waals surface area contributed by atoms with Gasteiger partial charge in [0.2, 0.25) is 0 Å². The average Bonchev–Trinajstić information content (AvgIpc) is 2.44. The lowest BCUT2D eigenvalue weighted by Gasteiger charge is -2.31. The van der Waals surface area contributed by atoms with Crippen molar-refractivity contribution < 1.29 is 9.50 Å². The Bertz CT molecular complexity index is 535. The van der Waals surface area contributed by atoms with Crippen molar-refractivity contribution in [2.24, 2.45) is 0 Å². The highest BCUT2D eigenvalue weighted by molar-refractivity contribution is 5.52. The molecule has 0 amide bonds. The van der Waals surface area contributed by atoms with Crippen LogP contribution in [0.4, 0.5) is 10.1 Å². The van der Waals surface area contributed by atoms with E-state index in [1.165, 1.54) is 6.07 Å².